The summed E-state index contributed by atoms with van der Waals surface area (Å²) in [7, 11) is 0. The SMILES string of the molecule is CCc1ccc(C=C2Sc3ccccc3N(CC(=O)NCc3ccc4c(c3)OCO4)C2=O)cc1. The van der Waals surface area contributed by atoms with E-state index in [2.05, 4.69) is 24.4 Å². The lowest BCUT2D eigenvalue weighted by Gasteiger charge is -2.29. The first-order valence-electron chi connectivity index (χ1n) is 11.2. The fourth-order valence-electron chi connectivity index (χ4n) is 3.87. The molecule has 2 heterocycles. The predicted molar refractivity (Wildman–Crippen MR) is 133 cm³/mol. The molecule has 0 saturated heterocycles. The van der Waals surface area contributed by atoms with Gasteiger partial charge < -0.3 is 14.8 Å². The number of rotatable bonds is 6. The van der Waals surface area contributed by atoms with Crippen molar-refractivity contribution >= 4 is 35.3 Å². The van der Waals surface area contributed by atoms with Crippen molar-refractivity contribution in [3.63, 3.8) is 0 Å². The molecule has 0 bridgehead atoms. The number of carbonyl (C=O) groups is 2. The number of nitrogens with one attached hydrogen (secondary N) is 1. The second kappa shape index (κ2) is 9.65. The summed E-state index contributed by atoms with van der Waals surface area (Å²) >= 11 is 1.43. The number of benzene rings is 3. The molecule has 1 N–H and O–H groups in total. The highest BCUT2D eigenvalue weighted by Crippen LogP contribution is 2.42. The first-order chi connectivity index (χ1) is 16.6. The average Bonchev–Trinajstić information content (AvgIpc) is 3.34. The summed E-state index contributed by atoms with van der Waals surface area (Å²) < 4.78 is 10.7. The van der Waals surface area contributed by atoms with Crippen LogP contribution in [0.2, 0.25) is 0 Å². The van der Waals surface area contributed by atoms with Gasteiger partial charge >= 0.3 is 0 Å². The molecule has 3 aromatic carbocycles. The van der Waals surface area contributed by atoms with Gasteiger partial charge in [0, 0.05) is 11.4 Å². The zero-order valence-electron chi connectivity index (χ0n) is 18.7. The van der Waals surface area contributed by atoms with Crippen molar-refractivity contribution in [2.45, 2.75) is 24.8 Å². The molecule has 2 amide bonds. The monoisotopic (exact) mass is 472 g/mol. The fraction of sp³-hybridized carbons (Fsp3) is 0.185. The molecule has 172 valence electrons. The number of anilines is 1. The van der Waals surface area contributed by atoms with E-state index in [0.717, 1.165) is 28.1 Å². The van der Waals surface area contributed by atoms with Gasteiger partial charge in [0.1, 0.15) is 6.54 Å². The van der Waals surface area contributed by atoms with Gasteiger partial charge in [-0.05, 0) is 53.5 Å². The summed E-state index contributed by atoms with van der Waals surface area (Å²) in [5.74, 6) is 0.957. The number of hydrogen-bond donors (Lipinski definition) is 1. The molecule has 2 aliphatic heterocycles. The second-order valence-corrected chi connectivity index (χ2v) is 9.11. The van der Waals surface area contributed by atoms with Crippen molar-refractivity contribution in [2.24, 2.45) is 0 Å². The molecule has 6 nitrogen and oxygen atoms in total. The van der Waals surface area contributed by atoms with Gasteiger partial charge in [-0.2, -0.15) is 0 Å². The van der Waals surface area contributed by atoms with Crippen molar-refractivity contribution in [2.75, 3.05) is 18.2 Å². The van der Waals surface area contributed by atoms with Gasteiger partial charge in [0.2, 0.25) is 12.7 Å². The van der Waals surface area contributed by atoms with Gasteiger partial charge in [-0.25, -0.2) is 0 Å². The van der Waals surface area contributed by atoms with Gasteiger partial charge in [-0.3, -0.25) is 14.5 Å². The molecular formula is C27H24N2O4S. The smallest absolute Gasteiger partial charge is 0.265 e. The zero-order chi connectivity index (χ0) is 23.5. The van der Waals surface area contributed by atoms with E-state index in [1.807, 2.05) is 60.7 Å². The highest BCUT2D eigenvalue weighted by atomic mass is 32.2. The van der Waals surface area contributed by atoms with E-state index in [4.69, 9.17) is 9.47 Å². The summed E-state index contributed by atoms with van der Waals surface area (Å²) in [4.78, 5) is 29.3. The Bertz CT molecular complexity index is 1270. The summed E-state index contributed by atoms with van der Waals surface area (Å²) in [5.41, 5.74) is 3.85. The molecule has 34 heavy (non-hydrogen) atoms. The van der Waals surface area contributed by atoms with Crippen LogP contribution in [0.3, 0.4) is 0 Å². The molecule has 0 saturated carbocycles. The summed E-state index contributed by atoms with van der Waals surface area (Å²) in [5, 5.41) is 2.91. The molecule has 2 aliphatic rings. The van der Waals surface area contributed by atoms with Crippen LogP contribution in [0.4, 0.5) is 5.69 Å². The third-order valence-electron chi connectivity index (χ3n) is 5.75. The molecule has 5 rings (SSSR count). The minimum absolute atomic E-state index is 0.0624. The topological polar surface area (TPSA) is 67.9 Å². The van der Waals surface area contributed by atoms with Gasteiger partial charge in [0.25, 0.3) is 5.91 Å². The van der Waals surface area contributed by atoms with Gasteiger partial charge in [-0.1, -0.05) is 61.2 Å². The maximum absolute atomic E-state index is 13.4. The molecule has 0 aliphatic carbocycles. The summed E-state index contributed by atoms with van der Waals surface area (Å²) in [6.07, 6.45) is 2.85. The Morgan fingerprint density at radius 1 is 1.03 bits per heavy atom. The quantitative estimate of drug-likeness (QED) is 0.524. The predicted octanol–water partition coefficient (Wildman–Crippen LogP) is 4.77. The zero-order valence-corrected chi connectivity index (χ0v) is 19.6. The minimum atomic E-state index is -0.237. The average molecular weight is 473 g/mol. The van der Waals surface area contributed by atoms with Gasteiger partial charge in [0.05, 0.1) is 10.6 Å². The lowest BCUT2D eigenvalue weighted by molar-refractivity contribution is -0.122. The normalized spacial score (nSPS) is 15.4. The molecule has 0 radical (unpaired) electrons. The number of nitrogens with zero attached hydrogens (tertiary/aromatic N) is 1. The Kier molecular flexibility index (Phi) is 6.27. The van der Waals surface area contributed by atoms with Crippen molar-refractivity contribution < 1.29 is 19.1 Å². The number of ether oxygens (including phenoxy) is 2. The molecular weight excluding hydrogens is 448 g/mol. The first-order valence-corrected chi connectivity index (χ1v) is 12.0. The van der Waals surface area contributed by atoms with E-state index in [1.165, 1.54) is 17.3 Å². The van der Waals surface area contributed by atoms with Crippen LogP contribution in [0.15, 0.2) is 76.5 Å². The lowest BCUT2D eigenvalue weighted by Crippen LogP contribution is -2.42. The highest BCUT2D eigenvalue weighted by molar-refractivity contribution is 8.04. The van der Waals surface area contributed by atoms with Gasteiger partial charge in [0.15, 0.2) is 11.5 Å². The largest absolute Gasteiger partial charge is 0.454 e. The van der Waals surface area contributed by atoms with Gasteiger partial charge in [-0.15, -0.1) is 0 Å². The molecule has 0 spiro atoms. The van der Waals surface area contributed by atoms with E-state index in [0.29, 0.717) is 22.9 Å². The van der Waals surface area contributed by atoms with E-state index in [9.17, 15) is 9.59 Å². The van der Waals surface area contributed by atoms with E-state index in [1.54, 1.807) is 4.90 Å². The summed E-state index contributed by atoms with van der Waals surface area (Å²) in [6, 6.07) is 21.4. The molecule has 3 aromatic rings. The van der Waals surface area contributed by atoms with E-state index >= 15 is 0 Å². The fourth-order valence-corrected chi connectivity index (χ4v) is 4.93. The maximum atomic E-state index is 13.4. The Hall–Kier alpha value is -3.71. The number of aryl methyl sites for hydroxylation is 1. The van der Waals surface area contributed by atoms with E-state index in [-0.39, 0.29) is 25.2 Å². The number of thioether (sulfide) groups is 1. The number of para-hydroxylation sites is 1. The van der Waals surface area contributed by atoms with Crippen molar-refractivity contribution in [3.8, 4) is 11.5 Å². The van der Waals surface area contributed by atoms with Crippen LogP contribution >= 0.6 is 11.8 Å². The number of fused-ring (bicyclic) bond motifs is 2. The Labute approximate surface area is 202 Å². The number of carbonyl (C=O) groups excluding carboxylic acids is 2. The lowest BCUT2D eigenvalue weighted by atomic mass is 10.1. The van der Waals surface area contributed by atoms with Crippen LogP contribution < -0.4 is 19.7 Å². The molecule has 7 heteroatoms. The summed E-state index contributed by atoms with van der Waals surface area (Å²) in [6.45, 7) is 2.59. The third kappa shape index (κ3) is 4.65. The van der Waals surface area contributed by atoms with Crippen LogP contribution in [0.5, 0.6) is 11.5 Å². The second-order valence-electron chi connectivity index (χ2n) is 8.03. The van der Waals surface area contributed by atoms with E-state index < -0.39 is 0 Å². The molecule has 0 atom stereocenters. The molecule has 0 aromatic heterocycles. The third-order valence-corrected chi connectivity index (χ3v) is 6.82. The van der Waals surface area contributed by atoms with Crippen LogP contribution in [-0.4, -0.2) is 25.2 Å². The van der Waals surface area contributed by atoms with Crippen LogP contribution in [0, 0.1) is 0 Å². The minimum Gasteiger partial charge on any atom is -0.454 e. The maximum Gasteiger partial charge on any atom is 0.265 e. The number of amides is 2. The number of hydrogen-bond acceptors (Lipinski definition) is 5. The Balaban J connectivity index is 1.32. The van der Waals surface area contributed by atoms with Crippen molar-refractivity contribution in [1.82, 2.24) is 5.32 Å². The highest BCUT2D eigenvalue weighted by Gasteiger charge is 2.30. The van der Waals surface area contributed by atoms with Crippen LogP contribution in [0.1, 0.15) is 23.6 Å². The standard InChI is InChI=1S/C27H24N2O4S/c1-2-18-7-9-19(10-8-18)14-25-27(31)29(21-5-3-4-6-24(21)34-25)16-26(30)28-15-20-11-12-22-23(13-20)33-17-32-22/h3-14H,2,15-17H2,1H3,(H,28,30). The van der Waals surface area contributed by atoms with Crippen molar-refractivity contribution in [3.05, 3.63) is 88.3 Å². The molecule has 0 unspecified atom stereocenters. The van der Waals surface area contributed by atoms with Crippen molar-refractivity contribution in [1.29, 1.82) is 0 Å². The molecule has 0 fully saturated rings. The Morgan fingerprint density at radius 2 is 1.79 bits per heavy atom. The first kappa shape index (κ1) is 22.1. The van der Waals surface area contributed by atoms with Crippen LogP contribution in [-0.2, 0) is 22.6 Å². The Morgan fingerprint density at radius 3 is 2.62 bits per heavy atom. The van der Waals surface area contributed by atoms with Crippen LogP contribution in [0.25, 0.3) is 6.08 Å².